The molecular weight excluding hydrogens is 466 g/mol. The standard InChI is InChI=1S/C28H34F2N2O4/c1-19-17-31-25-4-3-22(35-2)16-24(25)27(19)26(34)5-6-28(18-33)7-9-32(10-8-28)11-12-36-23-14-20(29)13-21(30)15-23/h3-4,13-17,26,33-34H,5-12,18H2,1-2H3. The van der Waals surface area contributed by atoms with E-state index in [0.29, 0.717) is 31.7 Å². The number of ether oxygens (including phenoxy) is 2. The van der Waals surface area contributed by atoms with Crippen molar-refractivity contribution in [3.8, 4) is 11.5 Å². The van der Waals surface area contributed by atoms with Gasteiger partial charge in [-0.3, -0.25) is 9.88 Å². The number of aliphatic hydroxyl groups excluding tert-OH is 2. The van der Waals surface area contributed by atoms with E-state index in [2.05, 4.69) is 9.88 Å². The zero-order chi connectivity index (χ0) is 25.7. The van der Waals surface area contributed by atoms with Crippen LogP contribution in [-0.4, -0.2) is 60.1 Å². The van der Waals surface area contributed by atoms with Crippen molar-refractivity contribution in [1.82, 2.24) is 9.88 Å². The second-order valence-electron chi connectivity index (χ2n) is 9.75. The number of pyridine rings is 1. The molecule has 1 aliphatic heterocycles. The van der Waals surface area contributed by atoms with Gasteiger partial charge >= 0.3 is 0 Å². The van der Waals surface area contributed by atoms with Crippen LogP contribution in [-0.2, 0) is 0 Å². The zero-order valence-corrected chi connectivity index (χ0v) is 20.8. The third-order valence-corrected chi connectivity index (χ3v) is 7.36. The Hall–Kier alpha value is -2.81. The van der Waals surface area contributed by atoms with Gasteiger partial charge in [-0.2, -0.15) is 0 Å². The second-order valence-corrected chi connectivity index (χ2v) is 9.75. The number of hydrogen-bond acceptors (Lipinski definition) is 6. The molecule has 3 aromatic rings. The molecule has 1 atom stereocenters. The number of benzene rings is 2. The highest BCUT2D eigenvalue weighted by atomic mass is 19.1. The van der Waals surface area contributed by atoms with Crippen molar-refractivity contribution in [2.75, 3.05) is 40.0 Å². The number of piperidine rings is 1. The minimum Gasteiger partial charge on any atom is -0.497 e. The van der Waals surface area contributed by atoms with Gasteiger partial charge in [-0.05, 0) is 80.4 Å². The number of aliphatic hydroxyl groups is 2. The highest BCUT2D eigenvalue weighted by Crippen LogP contribution is 2.39. The first-order chi connectivity index (χ1) is 17.3. The van der Waals surface area contributed by atoms with Crippen molar-refractivity contribution in [3.63, 3.8) is 0 Å². The molecule has 194 valence electrons. The van der Waals surface area contributed by atoms with Crippen LogP contribution in [0.1, 0.15) is 42.9 Å². The third-order valence-electron chi connectivity index (χ3n) is 7.36. The molecule has 2 heterocycles. The topological polar surface area (TPSA) is 75.0 Å². The molecule has 1 aliphatic rings. The predicted octanol–water partition coefficient (Wildman–Crippen LogP) is 4.80. The van der Waals surface area contributed by atoms with Gasteiger partial charge in [0.2, 0.25) is 0 Å². The maximum Gasteiger partial charge on any atom is 0.129 e. The molecule has 2 aromatic carbocycles. The largest absolute Gasteiger partial charge is 0.497 e. The molecule has 4 rings (SSSR count). The van der Waals surface area contributed by atoms with Crippen LogP contribution in [0.3, 0.4) is 0 Å². The van der Waals surface area contributed by atoms with Gasteiger partial charge in [-0.25, -0.2) is 8.78 Å². The average molecular weight is 501 g/mol. The summed E-state index contributed by atoms with van der Waals surface area (Å²) < 4.78 is 37.5. The minimum atomic E-state index is -0.677. The lowest BCUT2D eigenvalue weighted by Crippen LogP contribution is -2.43. The fourth-order valence-corrected chi connectivity index (χ4v) is 5.09. The summed E-state index contributed by atoms with van der Waals surface area (Å²) in [6, 6.07) is 8.82. The van der Waals surface area contributed by atoms with Crippen molar-refractivity contribution >= 4 is 10.9 Å². The van der Waals surface area contributed by atoms with E-state index in [-0.39, 0.29) is 17.8 Å². The maximum absolute atomic E-state index is 13.3. The van der Waals surface area contributed by atoms with E-state index >= 15 is 0 Å². The number of rotatable bonds is 10. The summed E-state index contributed by atoms with van der Waals surface area (Å²) in [7, 11) is 1.62. The Bertz CT molecular complexity index is 1160. The Morgan fingerprint density at radius 3 is 2.47 bits per heavy atom. The second kappa shape index (κ2) is 11.5. The molecule has 0 spiro atoms. The first-order valence-electron chi connectivity index (χ1n) is 12.4. The lowest BCUT2D eigenvalue weighted by atomic mass is 9.74. The molecule has 1 unspecified atom stereocenters. The van der Waals surface area contributed by atoms with Crippen LogP contribution in [0.5, 0.6) is 11.5 Å². The van der Waals surface area contributed by atoms with Crippen molar-refractivity contribution in [1.29, 1.82) is 0 Å². The number of methoxy groups -OCH3 is 1. The molecule has 36 heavy (non-hydrogen) atoms. The smallest absolute Gasteiger partial charge is 0.129 e. The van der Waals surface area contributed by atoms with Crippen LogP contribution in [0.2, 0.25) is 0 Å². The predicted molar refractivity (Wildman–Crippen MR) is 134 cm³/mol. The SMILES string of the molecule is COc1ccc2ncc(C)c(C(O)CCC3(CO)CCN(CCOc4cc(F)cc(F)c4)CC3)c2c1. The summed E-state index contributed by atoms with van der Waals surface area (Å²) >= 11 is 0. The molecule has 8 heteroatoms. The third kappa shape index (κ3) is 6.11. The first kappa shape index (κ1) is 26.3. The summed E-state index contributed by atoms with van der Waals surface area (Å²) in [5, 5.41) is 22.3. The van der Waals surface area contributed by atoms with Crippen LogP contribution in [0.15, 0.2) is 42.6 Å². The number of aromatic nitrogens is 1. The molecule has 6 nitrogen and oxygen atoms in total. The average Bonchev–Trinajstić information content (AvgIpc) is 2.87. The summed E-state index contributed by atoms with van der Waals surface area (Å²) in [5.74, 6) is -0.423. The van der Waals surface area contributed by atoms with E-state index in [4.69, 9.17) is 9.47 Å². The highest BCUT2D eigenvalue weighted by Gasteiger charge is 2.34. The van der Waals surface area contributed by atoms with Gasteiger partial charge in [0.1, 0.15) is 29.7 Å². The highest BCUT2D eigenvalue weighted by molar-refractivity contribution is 5.84. The van der Waals surface area contributed by atoms with Gasteiger partial charge in [0.15, 0.2) is 0 Å². The van der Waals surface area contributed by atoms with Crippen LogP contribution < -0.4 is 9.47 Å². The Morgan fingerprint density at radius 1 is 1.08 bits per heavy atom. The zero-order valence-electron chi connectivity index (χ0n) is 20.8. The van der Waals surface area contributed by atoms with Crippen LogP contribution in [0.25, 0.3) is 10.9 Å². The van der Waals surface area contributed by atoms with Crippen molar-refractivity contribution < 1.29 is 28.5 Å². The van der Waals surface area contributed by atoms with Crippen molar-refractivity contribution in [3.05, 3.63) is 65.4 Å². The van der Waals surface area contributed by atoms with Gasteiger partial charge in [-0.1, -0.05) is 0 Å². The monoisotopic (exact) mass is 500 g/mol. The van der Waals surface area contributed by atoms with Crippen LogP contribution >= 0.6 is 0 Å². The maximum atomic E-state index is 13.3. The number of aryl methyl sites for hydroxylation is 1. The number of fused-ring (bicyclic) bond motifs is 1. The summed E-state index contributed by atoms with van der Waals surface area (Å²) in [6.07, 6.45) is 3.94. The van der Waals surface area contributed by atoms with E-state index in [0.717, 1.165) is 54.0 Å². The molecule has 0 saturated carbocycles. The van der Waals surface area contributed by atoms with Gasteiger partial charge in [0.05, 0.1) is 18.7 Å². The fraction of sp³-hybridized carbons (Fsp3) is 0.464. The van der Waals surface area contributed by atoms with Crippen molar-refractivity contribution in [2.45, 2.75) is 38.7 Å². The molecule has 1 saturated heterocycles. The van der Waals surface area contributed by atoms with Gasteiger partial charge in [0.25, 0.3) is 0 Å². The Labute approximate surface area is 210 Å². The first-order valence-corrected chi connectivity index (χ1v) is 12.4. The lowest BCUT2D eigenvalue weighted by Gasteiger charge is -2.41. The molecule has 2 N–H and O–H groups in total. The Morgan fingerprint density at radius 2 is 1.81 bits per heavy atom. The van der Waals surface area contributed by atoms with E-state index < -0.39 is 17.7 Å². The quantitative estimate of drug-likeness (QED) is 0.417. The number of nitrogens with zero attached hydrogens (tertiary/aromatic N) is 2. The Kier molecular flexibility index (Phi) is 8.39. The molecule has 0 amide bonds. The van der Waals surface area contributed by atoms with E-state index in [9.17, 15) is 19.0 Å². The lowest BCUT2D eigenvalue weighted by molar-refractivity contribution is 0.0204. The van der Waals surface area contributed by atoms with Crippen LogP contribution in [0, 0.1) is 24.0 Å². The number of hydrogen-bond donors (Lipinski definition) is 2. The summed E-state index contributed by atoms with van der Waals surface area (Å²) in [5.41, 5.74) is 2.34. The van der Waals surface area contributed by atoms with Gasteiger partial charge < -0.3 is 19.7 Å². The minimum absolute atomic E-state index is 0.0660. The molecule has 0 aliphatic carbocycles. The van der Waals surface area contributed by atoms with E-state index in [1.807, 2.05) is 25.1 Å². The molecule has 1 fully saturated rings. The van der Waals surface area contributed by atoms with Crippen molar-refractivity contribution in [2.24, 2.45) is 5.41 Å². The molecular formula is C28H34F2N2O4. The van der Waals surface area contributed by atoms with Gasteiger partial charge in [0, 0.05) is 42.9 Å². The normalized spacial score (nSPS) is 16.7. The van der Waals surface area contributed by atoms with Crippen LogP contribution in [0.4, 0.5) is 8.78 Å². The summed E-state index contributed by atoms with van der Waals surface area (Å²) in [4.78, 5) is 6.71. The fourth-order valence-electron chi connectivity index (χ4n) is 5.09. The van der Waals surface area contributed by atoms with E-state index in [1.54, 1.807) is 13.3 Å². The van der Waals surface area contributed by atoms with E-state index in [1.165, 1.54) is 12.1 Å². The molecule has 0 bridgehead atoms. The Balaban J connectivity index is 1.33. The molecule has 1 aromatic heterocycles. The molecule has 0 radical (unpaired) electrons. The van der Waals surface area contributed by atoms with Gasteiger partial charge in [-0.15, -0.1) is 0 Å². The number of halogens is 2. The number of likely N-dealkylation sites (tertiary alicyclic amines) is 1. The summed E-state index contributed by atoms with van der Waals surface area (Å²) in [6.45, 7) is 4.54.